The average molecular weight is 376 g/mol. The molecule has 1 saturated heterocycles. The zero-order chi connectivity index (χ0) is 19.5. The fraction of sp³-hybridized carbons (Fsp3) is 0.273. The Morgan fingerprint density at radius 1 is 1.07 bits per heavy atom. The molecule has 142 valence electrons. The van der Waals surface area contributed by atoms with E-state index in [1.54, 1.807) is 12.1 Å². The van der Waals surface area contributed by atoms with Crippen molar-refractivity contribution in [2.24, 2.45) is 0 Å². The lowest BCUT2D eigenvalue weighted by Crippen LogP contribution is -2.35. The third kappa shape index (κ3) is 3.90. The lowest BCUT2D eigenvalue weighted by atomic mass is 10.1. The minimum atomic E-state index is -0.307. The Balaban J connectivity index is 1.41. The molecule has 5 nitrogen and oxygen atoms in total. The van der Waals surface area contributed by atoms with Crippen LogP contribution in [0.5, 0.6) is 0 Å². The molecule has 1 amide bonds. The number of carbonyl (C=O) groups is 1. The number of amides is 1. The molecule has 2 heterocycles. The molecule has 0 unspecified atom stereocenters. The first-order valence-electron chi connectivity index (χ1n) is 9.41. The standard InChI is InChI=1S/C22H21FN4O/c23-19-6-7-20-18(12-19)13-21(25-20)22(28)27-9-1-8-26(10-11-27)15-17-4-2-16(14-24)3-5-17/h2-7,12-13,25H,1,8-11,15H2. The number of benzene rings is 2. The first kappa shape index (κ1) is 18.2. The summed E-state index contributed by atoms with van der Waals surface area (Å²) >= 11 is 0. The molecular weight excluding hydrogens is 355 g/mol. The van der Waals surface area contributed by atoms with Crippen molar-refractivity contribution in [3.05, 3.63) is 71.2 Å². The van der Waals surface area contributed by atoms with E-state index >= 15 is 0 Å². The van der Waals surface area contributed by atoms with Crippen LogP contribution < -0.4 is 0 Å². The normalized spacial score (nSPS) is 15.4. The Bertz CT molecular complexity index is 1030. The van der Waals surface area contributed by atoms with Gasteiger partial charge in [0.2, 0.25) is 0 Å². The number of hydrogen-bond donors (Lipinski definition) is 1. The number of fused-ring (bicyclic) bond motifs is 1. The van der Waals surface area contributed by atoms with E-state index in [1.807, 2.05) is 29.2 Å². The van der Waals surface area contributed by atoms with E-state index < -0.39 is 0 Å². The molecule has 6 heteroatoms. The summed E-state index contributed by atoms with van der Waals surface area (Å²) in [5, 5.41) is 9.61. The lowest BCUT2D eigenvalue weighted by Gasteiger charge is -2.21. The van der Waals surface area contributed by atoms with Crippen molar-refractivity contribution in [3.63, 3.8) is 0 Å². The fourth-order valence-electron chi connectivity index (χ4n) is 3.66. The highest BCUT2D eigenvalue weighted by molar-refractivity contribution is 5.98. The predicted molar refractivity (Wildman–Crippen MR) is 105 cm³/mol. The number of aromatic amines is 1. The molecule has 0 atom stereocenters. The summed E-state index contributed by atoms with van der Waals surface area (Å²) in [7, 11) is 0. The molecule has 0 bridgehead atoms. The Kier molecular flexibility index (Phi) is 5.09. The molecule has 1 aliphatic heterocycles. The second kappa shape index (κ2) is 7.83. The molecule has 2 aromatic carbocycles. The van der Waals surface area contributed by atoms with Gasteiger partial charge in [-0.05, 0) is 48.4 Å². The summed E-state index contributed by atoms with van der Waals surface area (Å²) < 4.78 is 13.4. The van der Waals surface area contributed by atoms with Gasteiger partial charge in [0.1, 0.15) is 11.5 Å². The maximum Gasteiger partial charge on any atom is 0.270 e. The summed E-state index contributed by atoms with van der Waals surface area (Å²) in [6.45, 7) is 3.87. The second-order valence-corrected chi connectivity index (χ2v) is 7.15. The van der Waals surface area contributed by atoms with Crippen LogP contribution in [-0.2, 0) is 6.54 Å². The van der Waals surface area contributed by atoms with E-state index in [9.17, 15) is 9.18 Å². The monoisotopic (exact) mass is 376 g/mol. The minimum absolute atomic E-state index is 0.0446. The molecule has 1 aliphatic rings. The predicted octanol–water partition coefficient (Wildman–Crippen LogP) is 3.53. The quantitative estimate of drug-likeness (QED) is 0.761. The minimum Gasteiger partial charge on any atom is -0.351 e. The maximum absolute atomic E-state index is 13.4. The van der Waals surface area contributed by atoms with Gasteiger partial charge in [0.05, 0.1) is 11.6 Å². The van der Waals surface area contributed by atoms with E-state index in [1.165, 1.54) is 12.1 Å². The molecule has 1 N–H and O–H groups in total. The number of carbonyl (C=O) groups excluding carboxylic acids is 1. The Hall–Kier alpha value is -3.17. The molecular formula is C22H21FN4O. The van der Waals surface area contributed by atoms with E-state index in [2.05, 4.69) is 16.0 Å². The maximum atomic E-state index is 13.4. The van der Waals surface area contributed by atoms with Gasteiger partial charge in [-0.2, -0.15) is 5.26 Å². The fourth-order valence-corrected chi connectivity index (χ4v) is 3.66. The molecule has 28 heavy (non-hydrogen) atoms. The smallest absolute Gasteiger partial charge is 0.270 e. The SMILES string of the molecule is N#Cc1ccc(CN2CCCN(C(=O)c3cc4cc(F)ccc4[nH]3)CC2)cc1. The van der Waals surface area contributed by atoms with Crippen LogP contribution in [0.15, 0.2) is 48.5 Å². The largest absolute Gasteiger partial charge is 0.351 e. The first-order valence-corrected chi connectivity index (χ1v) is 9.41. The van der Waals surface area contributed by atoms with Gasteiger partial charge in [-0.25, -0.2) is 4.39 Å². The topological polar surface area (TPSA) is 63.1 Å². The number of nitriles is 1. The number of H-pyrrole nitrogens is 1. The first-order chi connectivity index (χ1) is 13.6. The van der Waals surface area contributed by atoms with Crippen LogP contribution in [0.2, 0.25) is 0 Å². The Labute approximate surface area is 163 Å². The molecule has 0 spiro atoms. The molecule has 3 aromatic rings. The van der Waals surface area contributed by atoms with Gasteiger partial charge in [-0.15, -0.1) is 0 Å². The Morgan fingerprint density at radius 3 is 2.68 bits per heavy atom. The van der Waals surface area contributed by atoms with Crippen molar-refractivity contribution in [3.8, 4) is 6.07 Å². The van der Waals surface area contributed by atoms with Crippen molar-refractivity contribution in [1.29, 1.82) is 5.26 Å². The highest BCUT2D eigenvalue weighted by Gasteiger charge is 2.21. The van der Waals surface area contributed by atoms with E-state index in [-0.39, 0.29) is 11.7 Å². The summed E-state index contributed by atoms with van der Waals surface area (Å²) in [6.07, 6.45) is 0.900. The molecule has 1 fully saturated rings. The van der Waals surface area contributed by atoms with Crippen LogP contribution in [0, 0.1) is 17.1 Å². The highest BCUT2D eigenvalue weighted by atomic mass is 19.1. The Morgan fingerprint density at radius 2 is 1.89 bits per heavy atom. The van der Waals surface area contributed by atoms with E-state index in [0.29, 0.717) is 29.7 Å². The zero-order valence-electron chi connectivity index (χ0n) is 15.5. The van der Waals surface area contributed by atoms with Crippen LogP contribution in [0.1, 0.15) is 28.0 Å². The van der Waals surface area contributed by atoms with Crippen LogP contribution in [0.25, 0.3) is 10.9 Å². The molecule has 4 rings (SSSR count). The van der Waals surface area contributed by atoms with Gasteiger partial charge >= 0.3 is 0 Å². The number of rotatable bonds is 3. The number of halogens is 1. The molecule has 1 aromatic heterocycles. The number of nitrogens with one attached hydrogen (secondary N) is 1. The van der Waals surface area contributed by atoms with Crippen molar-refractivity contribution >= 4 is 16.8 Å². The summed E-state index contributed by atoms with van der Waals surface area (Å²) in [4.78, 5) is 20.2. The van der Waals surface area contributed by atoms with Crippen LogP contribution in [-0.4, -0.2) is 46.9 Å². The zero-order valence-corrected chi connectivity index (χ0v) is 15.5. The third-order valence-corrected chi connectivity index (χ3v) is 5.18. The second-order valence-electron chi connectivity index (χ2n) is 7.15. The summed E-state index contributed by atoms with van der Waals surface area (Å²) in [5.74, 6) is -0.351. The third-order valence-electron chi connectivity index (χ3n) is 5.18. The number of nitrogens with zero attached hydrogens (tertiary/aromatic N) is 3. The number of hydrogen-bond acceptors (Lipinski definition) is 3. The number of aromatic nitrogens is 1. The van der Waals surface area contributed by atoms with Crippen molar-refractivity contribution in [2.45, 2.75) is 13.0 Å². The van der Waals surface area contributed by atoms with E-state index in [4.69, 9.17) is 5.26 Å². The lowest BCUT2D eigenvalue weighted by molar-refractivity contribution is 0.0756. The summed E-state index contributed by atoms with van der Waals surface area (Å²) in [6, 6.07) is 16.0. The van der Waals surface area contributed by atoms with Gasteiger partial charge in [-0.1, -0.05) is 12.1 Å². The van der Waals surface area contributed by atoms with Gasteiger partial charge in [0.15, 0.2) is 0 Å². The summed E-state index contributed by atoms with van der Waals surface area (Å²) in [5.41, 5.74) is 3.09. The van der Waals surface area contributed by atoms with Gasteiger partial charge in [0, 0.05) is 43.6 Å². The van der Waals surface area contributed by atoms with Gasteiger partial charge < -0.3 is 9.88 Å². The van der Waals surface area contributed by atoms with Crippen molar-refractivity contribution < 1.29 is 9.18 Å². The van der Waals surface area contributed by atoms with Gasteiger partial charge in [-0.3, -0.25) is 9.69 Å². The van der Waals surface area contributed by atoms with E-state index in [0.717, 1.165) is 37.1 Å². The average Bonchev–Trinajstić information content (AvgIpc) is 2.99. The van der Waals surface area contributed by atoms with Crippen LogP contribution in [0.3, 0.4) is 0 Å². The van der Waals surface area contributed by atoms with Crippen LogP contribution in [0.4, 0.5) is 4.39 Å². The van der Waals surface area contributed by atoms with Crippen molar-refractivity contribution in [2.75, 3.05) is 26.2 Å². The van der Waals surface area contributed by atoms with Gasteiger partial charge in [0.25, 0.3) is 5.91 Å². The molecule has 0 radical (unpaired) electrons. The van der Waals surface area contributed by atoms with Crippen LogP contribution >= 0.6 is 0 Å². The molecule has 0 saturated carbocycles. The molecule has 0 aliphatic carbocycles. The highest BCUT2D eigenvalue weighted by Crippen LogP contribution is 2.19. The van der Waals surface area contributed by atoms with Crippen molar-refractivity contribution in [1.82, 2.24) is 14.8 Å².